The van der Waals surface area contributed by atoms with Crippen LogP contribution in [-0.4, -0.2) is 37.4 Å². The highest BCUT2D eigenvalue weighted by molar-refractivity contribution is 7.90. The third kappa shape index (κ3) is 2.40. The number of phenolic OH excluding ortho intramolecular Hbond substituents is 1. The van der Waals surface area contributed by atoms with Crippen molar-refractivity contribution >= 4 is 23.6 Å². The minimum atomic E-state index is -3.88. The van der Waals surface area contributed by atoms with E-state index in [4.69, 9.17) is 4.65 Å². The number of aryl methyl sites for hydroxylation is 1. The highest BCUT2D eigenvalue weighted by atomic mass is 32.2. The van der Waals surface area contributed by atoms with Gasteiger partial charge in [0, 0.05) is 6.07 Å². The van der Waals surface area contributed by atoms with Crippen LogP contribution in [-0.2, 0) is 19.5 Å². The van der Waals surface area contributed by atoms with Gasteiger partial charge in [-0.15, -0.1) is 0 Å². The second-order valence-corrected chi connectivity index (χ2v) is 7.01. The number of rotatable bonds is 3. The van der Waals surface area contributed by atoms with E-state index in [0.29, 0.717) is 5.56 Å². The van der Waals surface area contributed by atoms with Crippen LogP contribution in [0, 0.1) is 12.8 Å². The third-order valence-corrected chi connectivity index (χ3v) is 5.10. The van der Waals surface area contributed by atoms with Gasteiger partial charge in [0.1, 0.15) is 11.8 Å². The number of sulfonamides is 1. The van der Waals surface area contributed by atoms with E-state index >= 15 is 0 Å². The van der Waals surface area contributed by atoms with E-state index in [2.05, 4.69) is 0 Å². The summed E-state index contributed by atoms with van der Waals surface area (Å²) in [6.07, 6.45) is 0. The molecule has 1 aliphatic rings. The standard InChI is InChI=1S/C12H16BNO5S/c1-7(2)11-12(16)19-13-14(11)20(17,18)9-5-4-8(3)10(15)6-9/h4-7,11,13,15H,1-3H3. The third-order valence-electron chi connectivity index (χ3n) is 3.30. The fraction of sp³-hybridized carbons (Fsp3) is 0.417. The number of hydrogen-bond acceptors (Lipinski definition) is 5. The summed E-state index contributed by atoms with van der Waals surface area (Å²) in [5.41, 5.74) is 0.582. The molecule has 108 valence electrons. The van der Waals surface area contributed by atoms with Crippen molar-refractivity contribution in [2.24, 2.45) is 5.92 Å². The van der Waals surface area contributed by atoms with E-state index in [1.807, 2.05) is 0 Å². The van der Waals surface area contributed by atoms with E-state index < -0.39 is 22.0 Å². The van der Waals surface area contributed by atoms with Crippen LogP contribution in [0.15, 0.2) is 23.1 Å². The topological polar surface area (TPSA) is 83.9 Å². The van der Waals surface area contributed by atoms with E-state index in [9.17, 15) is 18.3 Å². The summed E-state index contributed by atoms with van der Waals surface area (Å²) in [5.74, 6) is -0.836. The van der Waals surface area contributed by atoms with Crippen molar-refractivity contribution in [2.75, 3.05) is 0 Å². The number of carbonyl (C=O) groups is 1. The van der Waals surface area contributed by atoms with E-state index in [-0.39, 0.29) is 24.2 Å². The van der Waals surface area contributed by atoms with Crippen molar-refractivity contribution in [3.05, 3.63) is 23.8 Å². The van der Waals surface area contributed by atoms with Crippen LogP contribution in [0.5, 0.6) is 5.75 Å². The maximum atomic E-state index is 12.5. The lowest BCUT2D eigenvalue weighted by Gasteiger charge is -2.22. The Morgan fingerprint density at radius 1 is 1.40 bits per heavy atom. The van der Waals surface area contributed by atoms with Gasteiger partial charge >= 0.3 is 13.6 Å². The van der Waals surface area contributed by atoms with Crippen LogP contribution in [0.1, 0.15) is 19.4 Å². The van der Waals surface area contributed by atoms with Crippen molar-refractivity contribution in [1.29, 1.82) is 0 Å². The zero-order valence-electron chi connectivity index (χ0n) is 11.5. The molecule has 1 aromatic carbocycles. The summed E-state index contributed by atoms with van der Waals surface area (Å²) < 4.78 is 31.0. The average Bonchev–Trinajstić information content (AvgIpc) is 2.75. The number of nitrogens with zero attached hydrogens (tertiary/aromatic N) is 1. The van der Waals surface area contributed by atoms with Crippen molar-refractivity contribution in [2.45, 2.75) is 31.7 Å². The zero-order chi connectivity index (χ0) is 15.1. The van der Waals surface area contributed by atoms with Gasteiger partial charge in [-0.2, -0.15) is 4.22 Å². The van der Waals surface area contributed by atoms with E-state index in [0.717, 1.165) is 4.22 Å². The molecule has 1 saturated heterocycles. The monoisotopic (exact) mass is 297 g/mol. The smallest absolute Gasteiger partial charge is 0.448 e. The largest absolute Gasteiger partial charge is 0.521 e. The Hall–Kier alpha value is -1.54. The van der Waals surface area contributed by atoms with Gasteiger partial charge in [-0.05, 0) is 24.5 Å². The van der Waals surface area contributed by atoms with Crippen LogP contribution in [0.4, 0.5) is 0 Å². The molecule has 1 aliphatic heterocycles. The molecular formula is C12H16BNO5S. The summed E-state index contributed by atoms with van der Waals surface area (Å²) in [6.45, 7) is 5.18. The first-order valence-electron chi connectivity index (χ1n) is 6.23. The van der Waals surface area contributed by atoms with E-state index in [1.165, 1.54) is 18.2 Å². The molecule has 8 heteroatoms. The van der Waals surface area contributed by atoms with Crippen LogP contribution < -0.4 is 0 Å². The minimum absolute atomic E-state index is 0.0513. The Bertz CT molecular complexity index is 643. The number of phenols is 1. The van der Waals surface area contributed by atoms with E-state index in [1.54, 1.807) is 20.8 Å². The van der Waals surface area contributed by atoms with Crippen molar-refractivity contribution < 1.29 is 23.0 Å². The van der Waals surface area contributed by atoms with Gasteiger partial charge in [0.25, 0.3) is 0 Å². The number of carbonyl (C=O) groups excluding carboxylic acids is 1. The average molecular weight is 297 g/mol. The molecule has 1 heterocycles. The van der Waals surface area contributed by atoms with Crippen LogP contribution >= 0.6 is 0 Å². The molecule has 1 aromatic rings. The first kappa shape index (κ1) is 14.9. The molecule has 6 nitrogen and oxygen atoms in total. The van der Waals surface area contributed by atoms with Gasteiger partial charge < -0.3 is 9.76 Å². The lowest BCUT2D eigenvalue weighted by molar-refractivity contribution is -0.135. The highest BCUT2D eigenvalue weighted by Gasteiger charge is 2.45. The maximum Gasteiger partial charge on any atom is 0.448 e. The maximum absolute atomic E-state index is 12.5. The van der Waals surface area contributed by atoms with Gasteiger partial charge in [0.2, 0.25) is 10.0 Å². The van der Waals surface area contributed by atoms with Gasteiger partial charge in [0.15, 0.2) is 0 Å². The van der Waals surface area contributed by atoms with Gasteiger partial charge in [0.05, 0.1) is 4.90 Å². The molecule has 0 saturated carbocycles. The first-order chi connectivity index (χ1) is 9.25. The van der Waals surface area contributed by atoms with Crippen LogP contribution in [0.2, 0.25) is 0 Å². The molecule has 0 spiro atoms. The second-order valence-electron chi connectivity index (χ2n) is 5.12. The molecule has 0 aromatic heterocycles. The Morgan fingerprint density at radius 3 is 2.60 bits per heavy atom. The molecule has 1 atom stereocenters. The molecule has 2 rings (SSSR count). The van der Waals surface area contributed by atoms with Gasteiger partial charge in [-0.3, -0.25) is 4.79 Å². The summed E-state index contributed by atoms with van der Waals surface area (Å²) >= 11 is 0. The second kappa shape index (κ2) is 5.10. The van der Waals surface area contributed by atoms with Crippen molar-refractivity contribution in [3.63, 3.8) is 0 Å². The molecule has 0 aliphatic carbocycles. The molecule has 1 unspecified atom stereocenters. The Kier molecular flexibility index (Phi) is 3.79. The fourth-order valence-electron chi connectivity index (χ4n) is 2.12. The van der Waals surface area contributed by atoms with Crippen LogP contribution in [0.25, 0.3) is 0 Å². The van der Waals surface area contributed by atoms with Gasteiger partial charge in [-0.25, -0.2) is 8.42 Å². The molecule has 0 bridgehead atoms. The number of hydrogen-bond donors (Lipinski definition) is 1. The zero-order valence-corrected chi connectivity index (χ0v) is 12.3. The molecule has 0 radical (unpaired) electrons. The molecule has 20 heavy (non-hydrogen) atoms. The quantitative estimate of drug-likeness (QED) is 0.823. The number of aromatic hydroxyl groups is 1. The summed E-state index contributed by atoms with van der Waals surface area (Å²) in [6, 6.07) is 3.28. The minimum Gasteiger partial charge on any atom is -0.521 e. The van der Waals surface area contributed by atoms with Crippen LogP contribution in [0.3, 0.4) is 0 Å². The van der Waals surface area contributed by atoms with Crippen molar-refractivity contribution in [1.82, 2.24) is 4.22 Å². The summed E-state index contributed by atoms with van der Waals surface area (Å²) in [5, 5.41) is 9.65. The SMILES string of the molecule is Cc1ccc(S(=O)(=O)N2BOC(=O)C2C(C)C)cc1O. The summed E-state index contributed by atoms with van der Waals surface area (Å²) in [7, 11) is -4.17. The molecular weight excluding hydrogens is 281 g/mol. The Morgan fingerprint density at radius 2 is 2.05 bits per heavy atom. The predicted molar refractivity (Wildman–Crippen MR) is 73.7 cm³/mol. The first-order valence-corrected chi connectivity index (χ1v) is 7.67. The number of benzene rings is 1. The normalized spacial score (nSPS) is 20.0. The van der Waals surface area contributed by atoms with Crippen molar-refractivity contribution in [3.8, 4) is 5.75 Å². The lowest BCUT2D eigenvalue weighted by atomic mass is 10.0. The Labute approximate surface area is 118 Å². The fourth-order valence-corrected chi connectivity index (χ4v) is 3.71. The Balaban J connectivity index is 2.44. The lowest BCUT2D eigenvalue weighted by Crippen LogP contribution is -2.42. The molecule has 1 fully saturated rings. The van der Waals surface area contributed by atoms with Gasteiger partial charge in [-0.1, -0.05) is 19.9 Å². The predicted octanol–water partition coefficient (Wildman–Crippen LogP) is 0.539. The molecule has 1 N–H and O–H groups in total. The highest BCUT2D eigenvalue weighted by Crippen LogP contribution is 2.28. The molecule has 0 amide bonds. The summed E-state index contributed by atoms with van der Waals surface area (Å²) in [4.78, 5) is 11.6.